The molecule has 0 fully saturated rings. The van der Waals surface area contributed by atoms with Gasteiger partial charge in [0.15, 0.2) is 0 Å². The highest BCUT2D eigenvalue weighted by Gasteiger charge is 2.11. The predicted octanol–water partition coefficient (Wildman–Crippen LogP) is 2.51. The summed E-state index contributed by atoms with van der Waals surface area (Å²) in [6.07, 6.45) is 4.45. The van der Waals surface area contributed by atoms with E-state index in [2.05, 4.69) is 20.4 Å². The van der Waals surface area contributed by atoms with E-state index in [0.29, 0.717) is 35.1 Å². The Hall–Kier alpha value is -3.72. The molecule has 0 saturated heterocycles. The van der Waals surface area contributed by atoms with Gasteiger partial charge >= 0.3 is 0 Å². The summed E-state index contributed by atoms with van der Waals surface area (Å²) in [5.74, 6) is 0.535. The molecule has 0 atom stereocenters. The van der Waals surface area contributed by atoms with Crippen LogP contribution in [0.25, 0.3) is 11.3 Å². The van der Waals surface area contributed by atoms with Crippen LogP contribution in [0.5, 0.6) is 17.4 Å². The molecule has 1 aromatic carbocycles. The van der Waals surface area contributed by atoms with E-state index in [1.165, 1.54) is 25.6 Å². The van der Waals surface area contributed by atoms with Crippen molar-refractivity contribution in [2.24, 2.45) is 0 Å². The van der Waals surface area contributed by atoms with Crippen LogP contribution in [0.1, 0.15) is 23.0 Å². The third kappa shape index (κ3) is 5.17. The Labute approximate surface area is 167 Å². The first kappa shape index (κ1) is 20.0. The quantitative estimate of drug-likeness (QED) is 0.558. The number of ether oxygens (including phenoxy) is 2. The third-order valence-electron chi connectivity index (χ3n) is 3.87. The molecule has 1 amide bonds. The first-order chi connectivity index (χ1) is 14.1. The molecule has 0 aliphatic heterocycles. The number of nitrogens with one attached hydrogen (secondary N) is 1. The molecule has 0 aliphatic rings. The van der Waals surface area contributed by atoms with Gasteiger partial charge < -0.3 is 14.6 Å². The van der Waals surface area contributed by atoms with E-state index < -0.39 is 5.91 Å². The Kier molecular flexibility index (Phi) is 6.54. The summed E-state index contributed by atoms with van der Waals surface area (Å²) < 4.78 is 10.4. The van der Waals surface area contributed by atoms with Crippen LogP contribution in [0.2, 0.25) is 0 Å². The van der Waals surface area contributed by atoms with Crippen LogP contribution in [0.4, 0.5) is 0 Å². The topological polar surface area (TPSA) is 116 Å². The second kappa shape index (κ2) is 9.47. The number of phenolic OH excluding ortho intramolecular Hbond substituents is 1. The molecule has 2 aromatic heterocycles. The molecule has 0 saturated carbocycles. The standard InChI is InChI=1S/C20H20N4O5/c1-3-28-19-7-4-13(9-22-19)16-10-21-11-17(23-16)20(26)24-29-12-14-8-15(27-2)5-6-18(14)25/h4-11,25H,3,12H2,1-2H3,(H,24,26). The molecule has 0 radical (unpaired) electrons. The van der Waals surface area contributed by atoms with Gasteiger partial charge in [0.2, 0.25) is 5.88 Å². The highest BCUT2D eigenvalue weighted by molar-refractivity contribution is 5.91. The molecule has 0 unspecified atom stereocenters. The van der Waals surface area contributed by atoms with Crippen molar-refractivity contribution in [3.8, 4) is 28.6 Å². The van der Waals surface area contributed by atoms with Gasteiger partial charge in [0, 0.05) is 23.4 Å². The predicted molar refractivity (Wildman–Crippen MR) is 103 cm³/mol. The first-order valence-electron chi connectivity index (χ1n) is 8.80. The number of amides is 1. The van der Waals surface area contributed by atoms with Crippen molar-refractivity contribution in [3.05, 3.63) is 60.2 Å². The maximum Gasteiger partial charge on any atom is 0.295 e. The Balaban J connectivity index is 1.63. The molecule has 0 aliphatic carbocycles. The number of carbonyl (C=O) groups excluding carboxylic acids is 1. The molecule has 3 aromatic rings. The minimum absolute atomic E-state index is 0.0323. The second-order valence-corrected chi connectivity index (χ2v) is 5.82. The Morgan fingerprint density at radius 1 is 1.17 bits per heavy atom. The van der Waals surface area contributed by atoms with E-state index in [9.17, 15) is 9.90 Å². The van der Waals surface area contributed by atoms with Crippen LogP contribution in [-0.4, -0.2) is 39.7 Å². The number of phenols is 1. The third-order valence-corrected chi connectivity index (χ3v) is 3.87. The van der Waals surface area contributed by atoms with Gasteiger partial charge in [-0.2, -0.15) is 0 Å². The summed E-state index contributed by atoms with van der Waals surface area (Å²) in [7, 11) is 1.52. The van der Waals surface area contributed by atoms with E-state index in [4.69, 9.17) is 14.3 Å². The fraction of sp³-hybridized carbons (Fsp3) is 0.200. The summed E-state index contributed by atoms with van der Waals surface area (Å²) in [5.41, 5.74) is 4.00. The lowest BCUT2D eigenvalue weighted by atomic mass is 10.2. The molecule has 2 heterocycles. The Bertz CT molecular complexity index is 979. The van der Waals surface area contributed by atoms with Gasteiger partial charge in [0.25, 0.3) is 5.91 Å². The average Bonchev–Trinajstić information content (AvgIpc) is 2.76. The molecule has 29 heavy (non-hydrogen) atoms. The number of rotatable bonds is 8. The number of aromatic nitrogens is 3. The molecule has 9 heteroatoms. The van der Waals surface area contributed by atoms with E-state index in [1.54, 1.807) is 30.5 Å². The molecular weight excluding hydrogens is 376 g/mol. The summed E-state index contributed by atoms with van der Waals surface area (Å²) >= 11 is 0. The number of methoxy groups -OCH3 is 1. The van der Waals surface area contributed by atoms with Gasteiger partial charge in [0.05, 0.1) is 31.8 Å². The first-order valence-corrected chi connectivity index (χ1v) is 8.80. The lowest BCUT2D eigenvalue weighted by Crippen LogP contribution is -2.24. The zero-order chi connectivity index (χ0) is 20.6. The largest absolute Gasteiger partial charge is 0.508 e. The summed E-state index contributed by atoms with van der Waals surface area (Å²) in [5, 5.41) is 9.84. The molecule has 150 valence electrons. The van der Waals surface area contributed by atoms with E-state index >= 15 is 0 Å². The summed E-state index contributed by atoms with van der Waals surface area (Å²) in [6.45, 7) is 2.35. The van der Waals surface area contributed by atoms with Gasteiger partial charge in [-0.15, -0.1) is 0 Å². The van der Waals surface area contributed by atoms with Gasteiger partial charge in [-0.3, -0.25) is 14.6 Å². The number of pyridine rings is 1. The molecule has 3 rings (SSSR count). The van der Waals surface area contributed by atoms with Crippen molar-refractivity contribution in [1.29, 1.82) is 0 Å². The number of nitrogens with zero attached hydrogens (tertiary/aromatic N) is 3. The molecular formula is C20H20N4O5. The lowest BCUT2D eigenvalue weighted by Gasteiger charge is -2.09. The average molecular weight is 396 g/mol. The van der Waals surface area contributed by atoms with Crippen LogP contribution in [-0.2, 0) is 11.4 Å². The Morgan fingerprint density at radius 2 is 2.03 bits per heavy atom. The van der Waals surface area contributed by atoms with E-state index in [1.807, 2.05) is 6.92 Å². The van der Waals surface area contributed by atoms with Crippen LogP contribution in [0.15, 0.2) is 48.9 Å². The number of benzene rings is 1. The van der Waals surface area contributed by atoms with Crippen molar-refractivity contribution in [3.63, 3.8) is 0 Å². The maximum absolute atomic E-state index is 12.3. The van der Waals surface area contributed by atoms with Crippen LogP contribution in [0.3, 0.4) is 0 Å². The van der Waals surface area contributed by atoms with E-state index in [-0.39, 0.29) is 18.1 Å². The van der Waals surface area contributed by atoms with E-state index in [0.717, 1.165) is 0 Å². The highest BCUT2D eigenvalue weighted by atomic mass is 16.7. The molecule has 2 N–H and O–H groups in total. The maximum atomic E-state index is 12.3. The van der Waals surface area contributed by atoms with Crippen molar-refractivity contribution in [2.75, 3.05) is 13.7 Å². The highest BCUT2D eigenvalue weighted by Crippen LogP contribution is 2.23. The fourth-order valence-corrected chi connectivity index (χ4v) is 2.42. The summed E-state index contributed by atoms with van der Waals surface area (Å²) in [6, 6.07) is 8.22. The molecule has 0 spiro atoms. The minimum atomic E-state index is -0.569. The van der Waals surface area contributed by atoms with Gasteiger partial charge in [-0.25, -0.2) is 15.4 Å². The molecule has 0 bridgehead atoms. The SMILES string of the molecule is CCOc1ccc(-c2cncc(C(=O)NOCc3cc(OC)ccc3O)n2)cn1. The monoisotopic (exact) mass is 396 g/mol. The smallest absolute Gasteiger partial charge is 0.295 e. The number of hydrogen-bond donors (Lipinski definition) is 2. The number of aromatic hydroxyl groups is 1. The zero-order valence-electron chi connectivity index (χ0n) is 16.0. The summed E-state index contributed by atoms with van der Waals surface area (Å²) in [4.78, 5) is 30.0. The normalized spacial score (nSPS) is 10.4. The van der Waals surface area contributed by atoms with Crippen molar-refractivity contribution < 1.29 is 24.2 Å². The van der Waals surface area contributed by atoms with Crippen molar-refractivity contribution >= 4 is 5.91 Å². The zero-order valence-corrected chi connectivity index (χ0v) is 16.0. The lowest BCUT2D eigenvalue weighted by molar-refractivity contribution is 0.0222. The minimum Gasteiger partial charge on any atom is -0.508 e. The van der Waals surface area contributed by atoms with Gasteiger partial charge in [-0.05, 0) is 31.2 Å². The van der Waals surface area contributed by atoms with Crippen LogP contribution >= 0.6 is 0 Å². The fourth-order valence-electron chi connectivity index (χ4n) is 2.42. The number of carbonyl (C=O) groups is 1. The van der Waals surface area contributed by atoms with Crippen LogP contribution < -0.4 is 15.0 Å². The van der Waals surface area contributed by atoms with Crippen molar-refractivity contribution in [2.45, 2.75) is 13.5 Å². The Morgan fingerprint density at radius 3 is 2.76 bits per heavy atom. The second-order valence-electron chi connectivity index (χ2n) is 5.82. The van der Waals surface area contributed by atoms with Gasteiger partial charge in [-0.1, -0.05) is 0 Å². The van der Waals surface area contributed by atoms with Crippen LogP contribution in [0, 0.1) is 0 Å². The van der Waals surface area contributed by atoms with Crippen molar-refractivity contribution in [1.82, 2.24) is 20.4 Å². The number of hydrogen-bond acceptors (Lipinski definition) is 8. The molecule has 9 nitrogen and oxygen atoms in total. The van der Waals surface area contributed by atoms with Gasteiger partial charge in [0.1, 0.15) is 23.8 Å². The number of hydroxylamine groups is 1.